The van der Waals surface area contributed by atoms with Crippen molar-refractivity contribution in [3.63, 3.8) is 0 Å². The van der Waals surface area contributed by atoms with Crippen LogP contribution in [0.5, 0.6) is 11.5 Å². The van der Waals surface area contributed by atoms with Gasteiger partial charge in [-0.05, 0) is 73.9 Å². The van der Waals surface area contributed by atoms with Crippen LogP contribution >= 0.6 is 0 Å². The molecule has 1 amide bonds. The lowest BCUT2D eigenvalue weighted by molar-refractivity contribution is 0.102. The molecule has 0 bridgehead atoms. The molecular formula is C24H24N2O5S. The Bertz CT molecular complexity index is 1280. The minimum absolute atomic E-state index is 0.0477. The van der Waals surface area contributed by atoms with Gasteiger partial charge in [0.2, 0.25) is 0 Å². The fourth-order valence-corrected chi connectivity index (χ4v) is 4.91. The van der Waals surface area contributed by atoms with Crippen LogP contribution in [0.2, 0.25) is 0 Å². The maximum absolute atomic E-state index is 13.1. The maximum atomic E-state index is 13.1. The summed E-state index contributed by atoms with van der Waals surface area (Å²) in [6, 6.07) is 15.2. The quantitative estimate of drug-likeness (QED) is 0.597. The van der Waals surface area contributed by atoms with E-state index >= 15 is 0 Å². The number of rotatable bonds is 5. The topological polar surface area (TPSA) is 93.7 Å². The molecule has 7 nitrogen and oxygen atoms in total. The van der Waals surface area contributed by atoms with Crippen molar-refractivity contribution in [2.24, 2.45) is 0 Å². The molecule has 1 aliphatic heterocycles. The van der Waals surface area contributed by atoms with Gasteiger partial charge in [-0.2, -0.15) is 0 Å². The maximum Gasteiger partial charge on any atom is 0.262 e. The Morgan fingerprint density at radius 3 is 2.22 bits per heavy atom. The van der Waals surface area contributed by atoms with Crippen LogP contribution in [-0.4, -0.2) is 27.5 Å². The number of sulfonamides is 1. The molecule has 0 radical (unpaired) electrons. The Labute approximate surface area is 187 Å². The Kier molecular flexibility index (Phi) is 5.80. The van der Waals surface area contributed by atoms with Crippen LogP contribution < -0.4 is 19.5 Å². The van der Waals surface area contributed by atoms with Gasteiger partial charge in [-0.25, -0.2) is 8.42 Å². The molecule has 166 valence electrons. The van der Waals surface area contributed by atoms with Gasteiger partial charge in [0, 0.05) is 23.0 Å². The Morgan fingerprint density at radius 2 is 1.50 bits per heavy atom. The van der Waals surface area contributed by atoms with E-state index in [2.05, 4.69) is 10.0 Å². The summed E-state index contributed by atoms with van der Waals surface area (Å²) in [5.74, 6) is 0.749. The van der Waals surface area contributed by atoms with Crippen LogP contribution in [0.3, 0.4) is 0 Å². The van der Waals surface area contributed by atoms with Crippen molar-refractivity contribution >= 4 is 27.3 Å². The number of carbonyl (C=O) groups excluding carboxylic acids is 1. The summed E-state index contributed by atoms with van der Waals surface area (Å²) >= 11 is 0. The van der Waals surface area contributed by atoms with Crippen molar-refractivity contribution in [3.05, 3.63) is 76.9 Å². The lowest BCUT2D eigenvalue weighted by atomic mass is 10.1. The van der Waals surface area contributed by atoms with E-state index < -0.39 is 15.9 Å². The normalized spacial score (nSPS) is 12.8. The smallest absolute Gasteiger partial charge is 0.262 e. The molecule has 2 N–H and O–H groups in total. The van der Waals surface area contributed by atoms with Gasteiger partial charge in [-0.15, -0.1) is 0 Å². The molecular weight excluding hydrogens is 428 g/mol. The fourth-order valence-electron chi connectivity index (χ4n) is 3.60. The highest BCUT2D eigenvalue weighted by Gasteiger charge is 2.20. The minimum Gasteiger partial charge on any atom is -0.486 e. The SMILES string of the molecule is Cc1cc(C)cc(NS(=O)(=O)c2cc(C(=O)Nc3ccc4c(c3)OCCO4)ccc2C)c1. The fraction of sp³-hybridized carbons (Fsp3) is 0.208. The van der Waals surface area contributed by atoms with Crippen LogP contribution in [0.1, 0.15) is 27.0 Å². The second-order valence-corrected chi connectivity index (χ2v) is 9.43. The summed E-state index contributed by atoms with van der Waals surface area (Å²) < 4.78 is 39.8. The lowest BCUT2D eigenvalue weighted by Gasteiger charge is -2.19. The summed E-state index contributed by atoms with van der Waals surface area (Å²) in [5.41, 5.74) is 3.67. The zero-order chi connectivity index (χ0) is 22.9. The van der Waals surface area contributed by atoms with Crippen molar-refractivity contribution in [2.45, 2.75) is 25.7 Å². The first-order valence-electron chi connectivity index (χ1n) is 10.1. The number of nitrogens with one attached hydrogen (secondary N) is 2. The highest BCUT2D eigenvalue weighted by molar-refractivity contribution is 7.92. The van der Waals surface area contributed by atoms with Gasteiger partial charge in [0.1, 0.15) is 13.2 Å². The number of hydrogen-bond acceptors (Lipinski definition) is 5. The van der Waals surface area contributed by atoms with Gasteiger partial charge in [0.25, 0.3) is 15.9 Å². The molecule has 0 spiro atoms. The Morgan fingerprint density at radius 1 is 0.812 bits per heavy atom. The lowest BCUT2D eigenvalue weighted by Crippen LogP contribution is -2.18. The number of benzene rings is 3. The highest BCUT2D eigenvalue weighted by atomic mass is 32.2. The van der Waals surface area contributed by atoms with E-state index in [0.29, 0.717) is 41.7 Å². The van der Waals surface area contributed by atoms with E-state index in [1.165, 1.54) is 6.07 Å². The monoisotopic (exact) mass is 452 g/mol. The van der Waals surface area contributed by atoms with Crippen LogP contribution in [0, 0.1) is 20.8 Å². The van der Waals surface area contributed by atoms with Crippen LogP contribution in [0.15, 0.2) is 59.5 Å². The molecule has 32 heavy (non-hydrogen) atoms. The summed E-state index contributed by atoms with van der Waals surface area (Å²) in [7, 11) is -3.89. The van der Waals surface area contributed by atoms with Crippen LogP contribution in [-0.2, 0) is 10.0 Å². The molecule has 1 aliphatic rings. The predicted molar refractivity (Wildman–Crippen MR) is 123 cm³/mol. The number of ether oxygens (including phenoxy) is 2. The molecule has 4 rings (SSSR count). The molecule has 0 fully saturated rings. The Balaban J connectivity index is 1.58. The molecule has 0 atom stereocenters. The van der Waals surface area contributed by atoms with Gasteiger partial charge < -0.3 is 14.8 Å². The Hall–Kier alpha value is -3.52. The average molecular weight is 453 g/mol. The molecule has 8 heteroatoms. The van der Waals surface area contributed by atoms with Crippen molar-refractivity contribution in [2.75, 3.05) is 23.3 Å². The van der Waals surface area contributed by atoms with Gasteiger partial charge in [0.05, 0.1) is 4.90 Å². The standard InChI is InChI=1S/C24H24N2O5S/c1-15-10-16(2)12-20(11-15)26-32(28,29)23-13-18(5-4-17(23)3)24(27)25-19-6-7-21-22(14-19)31-9-8-30-21/h4-7,10-14,26H,8-9H2,1-3H3,(H,25,27). The van der Waals surface area contributed by atoms with E-state index in [-0.39, 0.29) is 10.5 Å². The zero-order valence-electron chi connectivity index (χ0n) is 18.1. The number of aryl methyl sites for hydroxylation is 3. The highest BCUT2D eigenvalue weighted by Crippen LogP contribution is 2.33. The van der Waals surface area contributed by atoms with Crippen molar-refractivity contribution < 1.29 is 22.7 Å². The summed E-state index contributed by atoms with van der Waals surface area (Å²) in [4.78, 5) is 12.9. The third-order valence-electron chi connectivity index (χ3n) is 5.01. The van der Waals surface area contributed by atoms with Gasteiger partial charge in [-0.1, -0.05) is 12.1 Å². The summed E-state index contributed by atoms with van der Waals surface area (Å²) in [6.45, 7) is 6.42. The predicted octanol–water partition coefficient (Wildman–Crippen LogP) is 4.44. The largest absolute Gasteiger partial charge is 0.486 e. The molecule has 1 heterocycles. The first kappa shape index (κ1) is 21.7. The van der Waals surface area contributed by atoms with E-state index in [1.807, 2.05) is 19.9 Å². The first-order chi connectivity index (χ1) is 15.2. The molecule has 3 aromatic carbocycles. The van der Waals surface area contributed by atoms with Crippen molar-refractivity contribution in [1.29, 1.82) is 0 Å². The van der Waals surface area contributed by atoms with Crippen molar-refractivity contribution in [1.82, 2.24) is 0 Å². The third kappa shape index (κ3) is 4.70. The zero-order valence-corrected chi connectivity index (χ0v) is 18.9. The second-order valence-electron chi connectivity index (χ2n) is 7.77. The number of fused-ring (bicyclic) bond motifs is 1. The number of anilines is 2. The molecule has 3 aromatic rings. The van der Waals surface area contributed by atoms with Crippen LogP contribution in [0.25, 0.3) is 0 Å². The number of carbonyl (C=O) groups is 1. The van der Waals surface area contributed by atoms with Gasteiger partial charge >= 0.3 is 0 Å². The van der Waals surface area contributed by atoms with Crippen LogP contribution in [0.4, 0.5) is 11.4 Å². The third-order valence-corrected chi connectivity index (χ3v) is 6.54. The van der Waals surface area contributed by atoms with Crippen molar-refractivity contribution in [3.8, 4) is 11.5 Å². The summed E-state index contributed by atoms with van der Waals surface area (Å²) in [6.07, 6.45) is 0. The second kappa shape index (κ2) is 8.55. The molecule has 0 aliphatic carbocycles. The number of hydrogen-bond donors (Lipinski definition) is 2. The number of amides is 1. The molecule has 0 saturated carbocycles. The van der Waals surface area contributed by atoms with E-state index in [4.69, 9.17) is 9.47 Å². The molecule has 0 unspecified atom stereocenters. The van der Waals surface area contributed by atoms with E-state index in [0.717, 1.165) is 11.1 Å². The van der Waals surface area contributed by atoms with E-state index in [9.17, 15) is 13.2 Å². The van der Waals surface area contributed by atoms with Gasteiger partial charge in [0.15, 0.2) is 11.5 Å². The van der Waals surface area contributed by atoms with E-state index in [1.54, 1.807) is 49.4 Å². The minimum atomic E-state index is -3.89. The molecule has 0 saturated heterocycles. The first-order valence-corrected chi connectivity index (χ1v) is 11.6. The molecule has 0 aromatic heterocycles. The summed E-state index contributed by atoms with van der Waals surface area (Å²) in [5, 5.41) is 2.78. The van der Waals surface area contributed by atoms with Gasteiger partial charge in [-0.3, -0.25) is 9.52 Å². The average Bonchev–Trinajstić information content (AvgIpc) is 2.72.